The van der Waals surface area contributed by atoms with E-state index >= 15 is 0 Å². The summed E-state index contributed by atoms with van der Waals surface area (Å²) in [5.74, 6) is 0.659. The second-order valence-electron chi connectivity index (χ2n) is 6.03. The van der Waals surface area contributed by atoms with Gasteiger partial charge in [0.15, 0.2) is 22.0 Å². The molecule has 0 radical (unpaired) electrons. The van der Waals surface area contributed by atoms with E-state index in [0.717, 1.165) is 11.3 Å². The van der Waals surface area contributed by atoms with Crippen LogP contribution in [0.1, 0.15) is 26.5 Å². The maximum absolute atomic E-state index is 11.5. The van der Waals surface area contributed by atoms with Crippen molar-refractivity contribution in [2.24, 2.45) is 0 Å². The van der Waals surface area contributed by atoms with Gasteiger partial charge in [0.1, 0.15) is 5.69 Å². The highest BCUT2D eigenvalue weighted by Gasteiger charge is 2.15. The van der Waals surface area contributed by atoms with Crippen LogP contribution in [0.3, 0.4) is 0 Å². The molecule has 0 saturated carbocycles. The Kier molecular flexibility index (Phi) is 4.20. The molecule has 5 nitrogen and oxygen atoms in total. The van der Waals surface area contributed by atoms with Gasteiger partial charge < -0.3 is 9.73 Å². The van der Waals surface area contributed by atoms with Gasteiger partial charge in [-0.25, -0.2) is 13.4 Å². The molecule has 1 N–H and O–H groups in total. The summed E-state index contributed by atoms with van der Waals surface area (Å²) in [6, 6.07) is 6.62. The Bertz CT molecular complexity index is 710. The average Bonchev–Trinajstić information content (AvgIpc) is 2.83. The van der Waals surface area contributed by atoms with Crippen molar-refractivity contribution < 1.29 is 12.8 Å². The Balaban J connectivity index is 2.25. The monoisotopic (exact) mass is 308 g/mol. The zero-order valence-electron chi connectivity index (χ0n) is 12.7. The van der Waals surface area contributed by atoms with Crippen LogP contribution in [0.2, 0.25) is 0 Å². The minimum absolute atomic E-state index is 0.0175. The average molecular weight is 308 g/mol. The molecule has 0 unspecified atom stereocenters. The molecule has 0 fully saturated rings. The molecule has 0 saturated heterocycles. The summed E-state index contributed by atoms with van der Waals surface area (Å²) in [7, 11) is -3.19. The second-order valence-corrected chi connectivity index (χ2v) is 8.04. The van der Waals surface area contributed by atoms with Crippen LogP contribution in [0, 0.1) is 0 Å². The molecular weight excluding hydrogens is 288 g/mol. The largest absolute Gasteiger partial charge is 0.443 e. The molecule has 0 aliphatic carbocycles. The van der Waals surface area contributed by atoms with Gasteiger partial charge in [0.2, 0.25) is 0 Å². The quantitative estimate of drug-likeness (QED) is 0.940. The zero-order chi connectivity index (χ0) is 15.7. The topological polar surface area (TPSA) is 72.2 Å². The van der Waals surface area contributed by atoms with Gasteiger partial charge in [-0.1, -0.05) is 0 Å². The molecule has 21 heavy (non-hydrogen) atoms. The highest BCUT2D eigenvalue weighted by atomic mass is 32.2. The predicted molar refractivity (Wildman–Crippen MR) is 81.6 cm³/mol. The smallest absolute Gasteiger partial charge is 0.181 e. The molecule has 0 atom stereocenters. The fourth-order valence-corrected chi connectivity index (χ4v) is 2.46. The minimum atomic E-state index is -3.19. The fourth-order valence-electron chi connectivity index (χ4n) is 1.83. The molecule has 0 bridgehead atoms. The number of hydrogen-bond acceptors (Lipinski definition) is 5. The number of benzene rings is 1. The van der Waals surface area contributed by atoms with E-state index in [0.29, 0.717) is 17.2 Å². The molecule has 6 heteroatoms. The zero-order valence-corrected chi connectivity index (χ0v) is 13.5. The second kappa shape index (κ2) is 5.61. The van der Waals surface area contributed by atoms with Crippen LogP contribution in [0.5, 0.6) is 0 Å². The van der Waals surface area contributed by atoms with E-state index < -0.39 is 9.84 Å². The van der Waals surface area contributed by atoms with Gasteiger partial charge in [-0.05, 0) is 45.0 Å². The van der Waals surface area contributed by atoms with E-state index in [1.54, 1.807) is 24.3 Å². The van der Waals surface area contributed by atoms with Gasteiger partial charge in [-0.2, -0.15) is 0 Å². The highest BCUT2D eigenvalue weighted by Crippen LogP contribution is 2.24. The number of aromatic nitrogens is 1. The molecule has 0 aliphatic heterocycles. The highest BCUT2D eigenvalue weighted by molar-refractivity contribution is 7.90. The number of hydrogen-bond donors (Lipinski definition) is 1. The van der Waals surface area contributed by atoms with Crippen LogP contribution in [0.4, 0.5) is 0 Å². The summed E-state index contributed by atoms with van der Waals surface area (Å²) in [6.07, 6.45) is 2.59. The molecule has 0 amide bonds. The van der Waals surface area contributed by atoms with Gasteiger partial charge >= 0.3 is 0 Å². The molecule has 2 aromatic rings. The van der Waals surface area contributed by atoms with Crippen LogP contribution in [-0.2, 0) is 16.4 Å². The van der Waals surface area contributed by atoms with Crippen molar-refractivity contribution in [1.82, 2.24) is 10.3 Å². The first kappa shape index (κ1) is 15.7. The van der Waals surface area contributed by atoms with Crippen LogP contribution < -0.4 is 5.32 Å². The summed E-state index contributed by atoms with van der Waals surface area (Å²) in [5.41, 5.74) is 1.60. The first-order valence-electron chi connectivity index (χ1n) is 6.65. The van der Waals surface area contributed by atoms with Crippen LogP contribution >= 0.6 is 0 Å². The minimum Gasteiger partial charge on any atom is -0.443 e. The lowest BCUT2D eigenvalue weighted by molar-refractivity contribution is 0.421. The first-order valence-corrected chi connectivity index (χ1v) is 8.54. The van der Waals surface area contributed by atoms with Crippen LogP contribution in [-0.4, -0.2) is 25.2 Å². The lowest BCUT2D eigenvalue weighted by Gasteiger charge is -2.19. The third-order valence-corrected chi connectivity index (χ3v) is 4.10. The SMILES string of the molecule is CC(C)(C)NCc1ncoc1-c1ccc(S(C)(=O)=O)cc1. The third kappa shape index (κ3) is 4.15. The Morgan fingerprint density at radius 3 is 2.33 bits per heavy atom. The van der Waals surface area contributed by atoms with Crippen molar-refractivity contribution in [3.63, 3.8) is 0 Å². The van der Waals surface area contributed by atoms with Crippen molar-refractivity contribution in [2.75, 3.05) is 6.26 Å². The fraction of sp³-hybridized carbons (Fsp3) is 0.400. The molecule has 0 spiro atoms. The normalized spacial score (nSPS) is 12.6. The van der Waals surface area contributed by atoms with E-state index in [9.17, 15) is 8.42 Å². The number of oxazole rings is 1. The summed E-state index contributed by atoms with van der Waals surface area (Å²) >= 11 is 0. The molecule has 1 heterocycles. The number of nitrogens with zero attached hydrogens (tertiary/aromatic N) is 1. The van der Waals surface area contributed by atoms with E-state index in [1.807, 2.05) is 0 Å². The summed E-state index contributed by atoms with van der Waals surface area (Å²) in [4.78, 5) is 4.51. The van der Waals surface area contributed by atoms with Gasteiger partial charge in [0.05, 0.1) is 4.90 Å². The van der Waals surface area contributed by atoms with Crippen molar-refractivity contribution >= 4 is 9.84 Å². The van der Waals surface area contributed by atoms with Gasteiger partial charge in [0, 0.05) is 23.9 Å². The van der Waals surface area contributed by atoms with E-state index in [2.05, 4.69) is 31.1 Å². The lowest BCUT2D eigenvalue weighted by atomic mass is 10.1. The Labute approximate surface area is 125 Å². The number of nitrogens with one attached hydrogen (secondary N) is 1. The van der Waals surface area contributed by atoms with Gasteiger partial charge in [0.25, 0.3) is 0 Å². The molecule has 1 aromatic carbocycles. The third-order valence-electron chi connectivity index (χ3n) is 2.97. The first-order chi connectivity index (χ1) is 9.67. The molecule has 0 aliphatic rings. The summed E-state index contributed by atoms with van der Waals surface area (Å²) < 4.78 is 28.4. The Morgan fingerprint density at radius 2 is 1.81 bits per heavy atom. The lowest BCUT2D eigenvalue weighted by Crippen LogP contribution is -2.35. The molecule has 1 aromatic heterocycles. The van der Waals surface area contributed by atoms with E-state index in [-0.39, 0.29) is 5.54 Å². The molecule has 2 rings (SSSR count). The summed E-state index contributed by atoms with van der Waals surface area (Å²) in [6.45, 7) is 6.82. The van der Waals surface area contributed by atoms with Gasteiger partial charge in [-0.15, -0.1) is 0 Å². The van der Waals surface area contributed by atoms with Crippen molar-refractivity contribution in [3.05, 3.63) is 36.4 Å². The maximum atomic E-state index is 11.5. The van der Waals surface area contributed by atoms with E-state index in [4.69, 9.17) is 4.42 Å². The summed E-state index contributed by atoms with van der Waals surface area (Å²) in [5, 5.41) is 3.35. The van der Waals surface area contributed by atoms with Crippen LogP contribution in [0.15, 0.2) is 40.0 Å². The Morgan fingerprint density at radius 1 is 1.19 bits per heavy atom. The van der Waals surface area contributed by atoms with Gasteiger partial charge in [-0.3, -0.25) is 0 Å². The predicted octanol–water partition coefficient (Wildman–Crippen LogP) is 2.63. The van der Waals surface area contributed by atoms with Crippen LogP contribution in [0.25, 0.3) is 11.3 Å². The molecule has 114 valence electrons. The number of rotatable bonds is 4. The van der Waals surface area contributed by atoms with Crippen molar-refractivity contribution in [1.29, 1.82) is 0 Å². The number of sulfone groups is 1. The maximum Gasteiger partial charge on any atom is 0.181 e. The van der Waals surface area contributed by atoms with Crippen molar-refractivity contribution in [2.45, 2.75) is 37.8 Å². The Hall–Kier alpha value is -1.66. The van der Waals surface area contributed by atoms with Crippen molar-refractivity contribution in [3.8, 4) is 11.3 Å². The molecular formula is C15H20N2O3S. The van der Waals surface area contributed by atoms with E-state index in [1.165, 1.54) is 12.6 Å². The standard InChI is InChI=1S/C15H20N2O3S/c1-15(2,3)17-9-13-14(20-10-16-13)11-5-7-12(8-6-11)21(4,18)19/h5-8,10,17H,9H2,1-4H3.